The number of fused-ring (bicyclic) bond motifs is 1. The predicted octanol–water partition coefficient (Wildman–Crippen LogP) is 3.72. The lowest BCUT2D eigenvalue weighted by Gasteiger charge is -2.23. The zero-order valence-corrected chi connectivity index (χ0v) is 15.8. The van der Waals surface area contributed by atoms with Crippen LogP contribution in [0, 0.1) is 12.7 Å². The highest BCUT2D eigenvalue weighted by atomic mass is 32.1. The molecule has 3 rings (SSSR count). The van der Waals surface area contributed by atoms with Gasteiger partial charge in [-0.25, -0.2) is 9.37 Å². The Balaban J connectivity index is 1.95. The first-order valence-electron chi connectivity index (χ1n) is 8.56. The van der Waals surface area contributed by atoms with E-state index in [0.29, 0.717) is 28.6 Å². The zero-order valence-electron chi connectivity index (χ0n) is 15.0. The molecule has 8 heteroatoms. The number of carbonyl (C=O) groups is 1. The molecular formula is C18H21FN4O2S. The number of amides is 1. The Morgan fingerprint density at radius 3 is 2.65 bits per heavy atom. The minimum Gasteiger partial charge on any atom is -0.351 e. The Kier molecular flexibility index (Phi) is 5.63. The van der Waals surface area contributed by atoms with Crippen LogP contribution in [0.2, 0.25) is 0 Å². The van der Waals surface area contributed by atoms with Crippen molar-refractivity contribution in [3.8, 4) is 0 Å². The Morgan fingerprint density at radius 1 is 1.27 bits per heavy atom. The number of halogens is 1. The van der Waals surface area contributed by atoms with Crippen LogP contribution in [-0.2, 0) is 0 Å². The SMILES string of the molecule is CCN(CC)CCN(C(=O)c1cc(C)no1)c1nc2c(F)cccc2s1. The molecule has 0 N–H and O–H groups in total. The van der Waals surface area contributed by atoms with Gasteiger partial charge in [0.15, 0.2) is 5.13 Å². The molecule has 0 unspecified atom stereocenters. The van der Waals surface area contributed by atoms with Gasteiger partial charge < -0.3 is 9.42 Å². The smallest absolute Gasteiger partial charge is 0.298 e. The van der Waals surface area contributed by atoms with Crippen molar-refractivity contribution in [3.63, 3.8) is 0 Å². The van der Waals surface area contributed by atoms with Gasteiger partial charge in [-0.1, -0.05) is 36.4 Å². The third-order valence-corrected chi connectivity index (χ3v) is 5.25. The van der Waals surface area contributed by atoms with Gasteiger partial charge in [-0.15, -0.1) is 0 Å². The number of nitrogens with zero attached hydrogens (tertiary/aromatic N) is 4. The first-order chi connectivity index (χ1) is 12.5. The first-order valence-corrected chi connectivity index (χ1v) is 9.37. The predicted molar refractivity (Wildman–Crippen MR) is 100 cm³/mol. The maximum absolute atomic E-state index is 14.0. The van der Waals surface area contributed by atoms with Crippen molar-refractivity contribution < 1.29 is 13.7 Å². The third-order valence-electron chi connectivity index (χ3n) is 4.21. The number of benzene rings is 1. The van der Waals surface area contributed by atoms with Crippen molar-refractivity contribution >= 4 is 32.6 Å². The molecule has 0 atom stereocenters. The Hall–Kier alpha value is -2.32. The molecule has 138 valence electrons. The van der Waals surface area contributed by atoms with Crippen molar-refractivity contribution in [3.05, 3.63) is 41.5 Å². The third kappa shape index (κ3) is 3.76. The highest BCUT2D eigenvalue weighted by Crippen LogP contribution is 2.31. The summed E-state index contributed by atoms with van der Waals surface area (Å²) in [7, 11) is 0. The van der Waals surface area contributed by atoms with Gasteiger partial charge in [0.2, 0.25) is 5.76 Å². The fraction of sp³-hybridized carbons (Fsp3) is 0.389. The molecule has 26 heavy (non-hydrogen) atoms. The number of carbonyl (C=O) groups excluding carboxylic acids is 1. The largest absolute Gasteiger partial charge is 0.351 e. The molecule has 0 aliphatic carbocycles. The van der Waals surface area contributed by atoms with Gasteiger partial charge in [0.1, 0.15) is 11.3 Å². The number of likely N-dealkylation sites (N-methyl/N-ethyl adjacent to an activating group) is 1. The van der Waals surface area contributed by atoms with E-state index in [1.807, 2.05) is 0 Å². The number of rotatable bonds is 7. The van der Waals surface area contributed by atoms with Crippen LogP contribution < -0.4 is 4.90 Å². The fourth-order valence-corrected chi connectivity index (χ4v) is 3.69. The van der Waals surface area contributed by atoms with Crippen LogP contribution in [0.3, 0.4) is 0 Å². The zero-order chi connectivity index (χ0) is 18.7. The summed E-state index contributed by atoms with van der Waals surface area (Å²) in [5.41, 5.74) is 0.911. The summed E-state index contributed by atoms with van der Waals surface area (Å²) in [4.78, 5) is 21.1. The Morgan fingerprint density at radius 2 is 2.04 bits per heavy atom. The second kappa shape index (κ2) is 7.92. The van der Waals surface area contributed by atoms with E-state index in [4.69, 9.17) is 4.52 Å². The molecule has 2 heterocycles. The summed E-state index contributed by atoms with van der Waals surface area (Å²) in [6.07, 6.45) is 0. The lowest BCUT2D eigenvalue weighted by molar-refractivity contribution is 0.0948. The van der Waals surface area contributed by atoms with Gasteiger partial charge in [-0.05, 0) is 32.1 Å². The minimum absolute atomic E-state index is 0.154. The van der Waals surface area contributed by atoms with Crippen molar-refractivity contribution in [1.29, 1.82) is 0 Å². The van der Waals surface area contributed by atoms with E-state index in [1.165, 1.54) is 17.4 Å². The van der Waals surface area contributed by atoms with Gasteiger partial charge in [0.25, 0.3) is 5.91 Å². The molecule has 3 aromatic rings. The van der Waals surface area contributed by atoms with E-state index < -0.39 is 5.82 Å². The van der Waals surface area contributed by atoms with Gasteiger partial charge in [0.05, 0.1) is 10.4 Å². The molecule has 0 fully saturated rings. The lowest BCUT2D eigenvalue weighted by atomic mass is 10.3. The van der Waals surface area contributed by atoms with Crippen LogP contribution >= 0.6 is 11.3 Å². The van der Waals surface area contributed by atoms with Crippen LogP contribution in [0.25, 0.3) is 10.2 Å². The molecular weight excluding hydrogens is 355 g/mol. The number of hydrogen-bond donors (Lipinski definition) is 0. The number of hydrogen-bond acceptors (Lipinski definition) is 6. The second-order valence-corrected chi connectivity index (χ2v) is 6.91. The van der Waals surface area contributed by atoms with Crippen molar-refractivity contribution in [2.45, 2.75) is 20.8 Å². The molecule has 1 aromatic carbocycles. The summed E-state index contributed by atoms with van der Waals surface area (Å²) in [6, 6.07) is 6.40. The first kappa shape index (κ1) is 18.5. The number of anilines is 1. The minimum atomic E-state index is -0.392. The highest BCUT2D eigenvalue weighted by Gasteiger charge is 2.25. The standard InChI is InChI=1S/C18H21FN4O2S/c1-4-22(5-2)9-10-23(17(24)14-11-12(3)21-25-14)18-20-16-13(19)7-6-8-15(16)26-18/h6-8,11H,4-5,9-10H2,1-3H3. The van der Waals surface area contributed by atoms with E-state index in [0.717, 1.165) is 13.1 Å². The number of thiazole rings is 1. The summed E-state index contributed by atoms with van der Waals surface area (Å²) >= 11 is 1.29. The number of para-hydroxylation sites is 1. The van der Waals surface area contributed by atoms with Crippen molar-refractivity contribution in [2.24, 2.45) is 0 Å². The molecule has 1 amide bonds. The summed E-state index contributed by atoms with van der Waals surface area (Å²) in [5.74, 6) is -0.560. The highest BCUT2D eigenvalue weighted by molar-refractivity contribution is 7.22. The average molecular weight is 376 g/mol. The maximum Gasteiger partial charge on any atom is 0.298 e. The Labute approximate surface area is 155 Å². The number of aromatic nitrogens is 2. The molecule has 0 bridgehead atoms. The summed E-state index contributed by atoms with van der Waals surface area (Å²) in [6.45, 7) is 8.79. The maximum atomic E-state index is 14.0. The molecule has 0 saturated heterocycles. The fourth-order valence-electron chi connectivity index (χ4n) is 2.68. The van der Waals surface area contributed by atoms with E-state index >= 15 is 0 Å². The quantitative estimate of drug-likeness (QED) is 0.629. The molecule has 2 aromatic heterocycles. The van der Waals surface area contributed by atoms with Crippen molar-refractivity contribution in [1.82, 2.24) is 15.0 Å². The van der Waals surface area contributed by atoms with E-state index in [-0.39, 0.29) is 17.2 Å². The molecule has 0 aliphatic rings. The average Bonchev–Trinajstić information content (AvgIpc) is 3.25. The van der Waals surface area contributed by atoms with Gasteiger partial charge in [0, 0.05) is 19.2 Å². The van der Waals surface area contributed by atoms with Gasteiger partial charge in [-0.2, -0.15) is 0 Å². The molecule has 0 spiro atoms. The van der Waals surface area contributed by atoms with E-state index in [2.05, 4.69) is 28.9 Å². The summed E-state index contributed by atoms with van der Waals surface area (Å²) in [5, 5.41) is 4.24. The topological polar surface area (TPSA) is 62.5 Å². The summed E-state index contributed by atoms with van der Waals surface area (Å²) < 4.78 is 19.9. The Bertz CT molecular complexity index is 904. The normalized spacial score (nSPS) is 11.4. The monoisotopic (exact) mass is 376 g/mol. The number of aryl methyl sites for hydroxylation is 1. The van der Waals surface area contributed by atoms with Crippen LogP contribution in [-0.4, -0.2) is 47.1 Å². The van der Waals surface area contributed by atoms with Crippen LogP contribution in [0.5, 0.6) is 0 Å². The van der Waals surface area contributed by atoms with Gasteiger partial charge >= 0.3 is 0 Å². The molecule has 0 saturated carbocycles. The van der Waals surface area contributed by atoms with Gasteiger partial charge in [-0.3, -0.25) is 9.69 Å². The van der Waals surface area contributed by atoms with Crippen LogP contribution in [0.4, 0.5) is 9.52 Å². The molecule has 0 radical (unpaired) electrons. The molecule has 6 nitrogen and oxygen atoms in total. The van der Waals surface area contributed by atoms with Crippen LogP contribution in [0.1, 0.15) is 30.1 Å². The molecule has 0 aliphatic heterocycles. The van der Waals surface area contributed by atoms with Crippen molar-refractivity contribution in [2.75, 3.05) is 31.1 Å². The van der Waals surface area contributed by atoms with Crippen LogP contribution in [0.15, 0.2) is 28.8 Å². The van der Waals surface area contributed by atoms with E-state index in [9.17, 15) is 9.18 Å². The second-order valence-electron chi connectivity index (χ2n) is 5.90. The lowest BCUT2D eigenvalue weighted by Crippen LogP contribution is -2.38. The van der Waals surface area contributed by atoms with E-state index in [1.54, 1.807) is 30.0 Å².